The SMILES string of the molecule is CCOc1ccc2nc(SC[C@@H]3CCCCO3)[nH]c2c1. The molecule has 2 aromatic rings. The van der Waals surface area contributed by atoms with Crippen molar-refractivity contribution in [2.75, 3.05) is 19.0 Å². The fourth-order valence-corrected chi connectivity index (χ4v) is 3.35. The molecule has 0 amide bonds. The first-order chi connectivity index (χ1) is 9.85. The maximum absolute atomic E-state index is 5.74. The Balaban J connectivity index is 1.65. The van der Waals surface area contributed by atoms with Crippen LogP contribution in [0.5, 0.6) is 5.75 Å². The summed E-state index contributed by atoms with van der Waals surface area (Å²) in [7, 11) is 0. The first-order valence-electron chi connectivity index (χ1n) is 7.22. The Morgan fingerprint density at radius 1 is 1.45 bits per heavy atom. The van der Waals surface area contributed by atoms with Crippen LogP contribution in [0.25, 0.3) is 11.0 Å². The molecule has 0 bridgehead atoms. The number of aromatic nitrogens is 2. The lowest BCUT2D eigenvalue weighted by Crippen LogP contribution is -2.21. The van der Waals surface area contributed by atoms with Crippen molar-refractivity contribution in [3.05, 3.63) is 18.2 Å². The Morgan fingerprint density at radius 2 is 2.40 bits per heavy atom. The highest BCUT2D eigenvalue weighted by atomic mass is 32.2. The van der Waals surface area contributed by atoms with E-state index in [9.17, 15) is 0 Å². The van der Waals surface area contributed by atoms with Gasteiger partial charge in [0.25, 0.3) is 0 Å². The molecule has 0 unspecified atom stereocenters. The second-order valence-corrected chi connectivity index (χ2v) is 5.96. The van der Waals surface area contributed by atoms with Crippen molar-refractivity contribution in [1.82, 2.24) is 9.97 Å². The van der Waals surface area contributed by atoms with Gasteiger partial charge in [-0.2, -0.15) is 0 Å². The molecule has 0 radical (unpaired) electrons. The van der Waals surface area contributed by atoms with Gasteiger partial charge in [-0.15, -0.1) is 0 Å². The zero-order chi connectivity index (χ0) is 13.8. The molecule has 0 saturated carbocycles. The van der Waals surface area contributed by atoms with Crippen LogP contribution < -0.4 is 4.74 Å². The summed E-state index contributed by atoms with van der Waals surface area (Å²) in [6.07, 6.45) is 4.03. The lowest BCUT2D eigenvalue weighted by Gasteiger charge is -2.21. The average Bonchev–Trinajstić information content (AvgIpc) is 2.89. The Kier molecular flexibility index (Phi) is 4.47. The number of hydrogen-bond acceptors (Lipinski definition) is 4. The van der Waals surface area contributed by atoms with E-state index in [-0.39, 0.29) is 0 Å². The van der Waals surface area contributed by atoms with Gasteiger partial charge in [0.05, 0.1) is 23.7 Å². The number of fused-ring (bicyclic) bond motifs is 1. The summed E-state index contributed by atoms with van der Waals surface area (Å²) in [5.74, 6) is 1.86. The van der Waals surface area contributed by atoms with Crippen LogP contribution in [0.1, 0.15) is 26.2 Å². The topological polar surface area (TPSA) is 47.1 Å². The highest BCUT2D eigenvalue weighted by Gasteiger charge is 2.15. The van der Waals surface area contributed by atoms with Gasteiger partial charge in [-0.1, -0.05) is 11.8 Å². The largest absolute Gasteiger partial charge is 0.494 e. The summed E-state index contributed by atoms with van der Waals surface area (Å²) in [5.41, 5.74) is 2.02. The van der Waals surface area contributed by atoms with Crippen LogP contribution in [-0.4, -0.2) is 35.0 Å². The second-order valence-electron chi connectivity index (χ2n) is 4.95. The molecule has 0 aliphatic carbocycles. The van der Waals surface area contributed by atoms with Crippen molar-refractivity contribution >= 4 is 22.8 Å². The number of aromatic amines is 1. The third kappa shape index (κ3) is 3.27. The van der Waals surface area contributed by atoms with Gasteiger partial charge < -0.3 is 14.5 Å². The van der Waals surface area contributed by atoms with Crippen LogP contribution in [0.3, 0.4) is 0 Å². The smallest absolute Gasteiger partial charge is 0.166 e. The van der Waals surface area contributed by atoms with E-state index in [0.29, 0.717) is 12.7 Å². The molecule has 2 heterocycles. The molecule has 1 aliphatic rings. The van der Waals surface area contributed by atoms with Gasteiger partial charge in [0.15, 0.2) is 5.16 Å². The summed E-state index contributed by atoms with van der Waals surface area (Å²) in [6, 6.07) is 5.97. The summed E-state index contributed by atoms with van der Waals surface area (Å²) < 4.78 is 11.2. The molecule has 1 atom stereocenters. The molecular formula is C15H20N2O2S. The van der Waals surface area contributed by atoms with E-state index in [4.69, 9.17) is 9.47 Å². The van der Waals surface area contributed by atoms with Gasteiger partial charge in [0.2, 0.25) is 0 Å². The minimum Gasteiger partial charge on any atom is -0.494 e. The maximum atomic E-state index is 5.74. The molecule has 1 saturated heterocycles. The second kappa shape index (κ2) is 6.50. The summed E-state index contributed by atoms with van der Waals surface area (Å²) in [5, 5.41) is 0.961. The van der Waals surface area contributed by atoms with Crippen molar-refractivity contribution in [1.29, 1.82) is 0 Å². The van der Waals surface area contributed by atoms with Gasteiger partial charge in [0.1, 0.15) is 5.75 Å². The third-order valence-corrected chi connectivity index (χ3v) is 4.43. The van der Waals surface area contributed by atoms with E-state index in [1.807, 2.05) is 25.1 Å². The van der Waals surface area contributed by atoms with Crippen LogP contribution >= 0.6 is 11.8 Å². The number of nitrogens with zero attached hydrogens (tertiary/aromatic N) is 1. The zero-order valence-electron chi connectivity index (χ0n) is 11.7. The normalized spacial score (nSPS) is 19.4. The molecule has 4 nitrogen and oxygen atoms in total. The Hall–Kier alpha value is -1.20. The molecule has 108 valence electrons. The highest BCUT2D eigenvalue weighted by molar-refractivity contribution is 7.99. The predicted molar refractivity (Wildman–Crippen MR) is 81.6 cm³/mol. The minimum absolute atomic E-state index is 0.376. The van der Waals surface area contributed by atoms with Crippen molar-refractivity contribution in [2.45, 2.75) is 37.4 Å². The minimum atomic E-state index is 0.376. The van der Waals surface area contributed by atoms with Gasteiger partial charge in [-0.3, -0.25) is 0 Å². The number of thioether (sulfide) groups is 1. The van der Waals surface area contributed by atoms with E-state index in [0.717, 1.165) is 34.3 Å². The summed E-state index contributed by atoms with van der Waals surface area (Å²) >= 11 is 1.74. The van der Waals surface area contributed by atoms with E-state index in [1.54, 1.807) is 11.8 Å². The van der Waals surface area contributed by atoms with Crippen molar-refractivity contribution in [3.8, 4) is 5.75 Å². The van der Waals surface area contributed by atoms with Crippen LogP contribution in [0.4, 0.5) is 0 Å². The number of rotatable bonds is 5. The molecule has 20 heavy (non-hydrogen) atoms. The van der Waals surface area contributed by atoms with E-state index in [2.05, 4.69) is 9.97 Å². The van der Waals surface area contributed by atoms with Crippen LogP contribution in [-0.2, 0) is 4.74 Å². The number of H-pyrrole nitrogens is 1. The van der Waals surface area contributed by atoms with Crippen LogP contribution in [0.15, 0.2) is 23.4 Å². The van der Waals surface area contributed by atoms with Gasteiger partial charge in [0, 0.05) is 18.4 Å². The highest BCUT2D eigenvalue weighted by Crippen LogP contribution is 2.25. The Bertz CT molecular complexity index is 564. The molecule has 0 spiro atoms. The maximum Gasteiger partial charge on any atom is 0.166 e. The average molecular weight is 292 g/mol. The quantitative estimate of drug-likeness (QED) is 0.855. The number of nitrogens with one attached hydrogen (secondary N) is 1. The molecule has 1 aromatic carbocycles. The van der Waals surface area contributed by atoms with Crippen LogP contribution in [0.2, 0.25) is 0 Å². The molecule has 3 rings (SSSR count). The molecule has 1 aromatic heterocycles. The first-order valence-corrected chi connectivity index (χ1v) is 8.20. The van der Waals surface area contributed by atoms with E-state index < -0.39 is 0 Å². The number of imidazole rings is 1. The molecule has 1 aliphatic heterocycles. The zero-order valence-corrected chi connectivity index (χ0v) is 12.5. The Labute approximate surface area is 123 Å². The van der Waals surface area contributed by atoms with E-state index in [1.165, 1.54) is 19.3 Å². The van der Waals surface area contributed by atoms with Crippen molar-refractivity contribution in [2.24, 2.45) is 0 Å². The molecule has 5 heteroatoms. The van der Waals surface area contributed by atoms with Gasteiger partial charge in [-0.05, 0) is 38.3 Å². The number of benzene rings is 1. The first kappa shape index (κ1) is 13.8. The number of ether oxygens (including phenoxy) is 2. The predicted octanol–water partition coefficient (Wildman–Crippen LogP) is 3.62. The summed E-state index contributed by atoms with van der Waals surface area (Å²) in [4.78, 5) is 7.94. The van der Waals surface area contributed by atoms with Crippen molar-refractivity contribution < 1.29 is 9.47 Å². The number of hydrogen-bond donors (Lipinski definition) is 1. The van der Waals surface area contributed by atoms with Crippen LogP contribution in [0, 0.1) is 0 Å². The van der Waals surface area contributed by atoms with Gasteiger partial charge >= 0.3 is 0 Å². The monoisotopic (exact) mass is 292 g/mol. The molecule has 1 fully saturated rings. The standard InChI is InChI=1S/C15H20N2O2S/c1-2-18-11-6-7-13-14(9-11)17-15(16-13)20-10-12-5-3-4-8-19-12/h6-7,9,12H,2-5,8,10H2,1H3,(H,16,17)/t12-/m0/s1. The fourth-order valence-electron chi connectivity index (χ4n) is 2.40. The lowest BCUT2D eigenvalue weighted by molar-refractivity contribution is 0.0315. The van der Waals surface area contributed by atoms with Gasteiger partial charge in [-0.25, -0.2) is 4.98 Å². The van der Waals surface area contributed by atoms with E-state index >= 15 is 0 Å². The fraction of sp³-hybridized carbons (Fsp3) is 0.533. The third-order valence-electron chi connectivity index (χ3n) is 3.42. The molecular weight excluding hydrogens is 272 g/mol. The lowest BCUT2D eigenvalue weighted by atomic mass is 10.1. The molecule has 1 N–H and O–H groups in total. The Morgan fingerprint density at radius 3 is 3.20 bits per heavy atom. The van der Waals surface area contributed by atoms with Crippen molar-refractivity contribution in [3.63, 3.8) is 0 Å². The summed E-state index contributed by atoms with van der Waals surface area (Å²) in [6.45, 7) is 3.58.